The average Bonchev–Trinajstić information content (AvgIpc) is 2.97. The Morgan fingerprint density at radius 2 is 1.59 bits per heavy atom. The summed E-state index contributed by atoms with van der Waals surface area (Å²) >= 11 is 0. The molecular weight excluding hydrogens is 348 g/mol. The SMILES string of the molecule is CCOC(=O)C(C(=O)OCC)C(C(=O)N1CCCCC1)c1[nH]c(C)cc1C. The summed E-state index contributed by atoms with van der Waals surface area (Å²) in [6, 6.07) is 1.90. The van der Waals surface area contributed by atoms with Crippen molar-refractivity contribution in [3.05, 3.63) is 23.0 Å². The fraction of sp³-hybridized carbons (Fsp3) is 0.650. The van der Waals surface area contributed by atoms with Crippen molar-refractivity contribution in [2.75, 3.05) is 26.3 Å². The van der Waals surface area contributed by atoms with Crippen LogP contribution in [0.4, 0.5) is 0 Å². The summed E-state index contributed by atoms with van der Waals surface area (Å²) in [5.74, 6) is -3.98. The van der Waals surface area contributed by atoms with E-state index < -0.39 is 23.8 Å². The van der Waals surface area contributed by atoms with Crippen molar-refractivity contribution >= 4 is 17.8 Å². The number of amides is 1. The fourth-order valence-electron chi connectivity index (χ4n) is 3.65. The van der Waals surface area contributed by atoms with Crippen molar-refractivity contribution in [2.24, 2.45) is 5.92 Å². The Hall–Kier alpha value is -2.31. The molecule has 0 aromatic carbocycles. The predicted molar refractivity (Wildman–Crippen MR) is 100 cm³/mol. The third-order valence-corrected chi connectivity index (χ3v) is 4.85. The van der Waals surface area contributed by atoms with Gasteiger partial charge in [-0.1, -0.05) is 0 Å². The Morgan fingerprint density at radius 3 is 2.04 bits per heavy atom. The van der Waals surface area contributed by atoms with Crippen LogP contribution in [0.25, 0.3) is 0 Å². The molecule has 1 unspecified atom stereocenters. The molecule has 1 saturated heterocycles. The molecule has 0 radical (unpaired) electrons. The molecule has 0 spiro atoms. The lowest BCUT2D eigenvalue weighted by molar-refractivity contribution is -0.166. The number of aryl methyl sites for hydroxylation is 2. The van der Waals surface area contributed by atoms with Gasteiger partial charge < -0.3 is 19.4 Å². The number of hydrogen-bond donors (Lipinski definition) is 1. The monoisotopic (exact) mass is 378 g/mol. The van der Waals surface area contributed by atoms with E-state index in [1.165, 1.54) is 0 Å². The number of nitrogens with one attached hydrogen (secondary N) is 1. The molecule has 1 N–H and O–H groups in total. The number of aromatic nitrogens is 1. The van der Waals surface area contributed by atoms with Crippen LogP contribution >= 0.6 is 0 Å². The molecule has 0 aliphatic carbocycles. The Kier molecular flexibility index (Phi) is 7.45. The number of hydrogen-bond acceptors (Lipinski definition) is 5. The molecule has 1 aliphatic heterocycles. The Morgan fingerprint density at radius 1 is 1.04 bits per heavy atom. The summed E-state index contributed by atoms with van der Waals surface area (Å²) in [5.41, 5.74) is 2.28. The normalized spacial score (nSPS) is 15.5. The summed E-state index contributed by atoms with van der Waals surface area (Å²) in [6.07, 6.45) is 2.92. The largest absolute Gasteiger partial charge is 0.465 e. The van der Waals surface area contributed by atoms with Crippen molar-refractivity contribution < 1.29 is 23.9 Å². The molecule has 1 amide bonds. The van der Waals surface area contributed by atoms with Gasteiger partial charge in [-0.25, -0.2) is 0 Å². The Bertz CT molecular complexity index is 658. The van der Waals surface area contributed by atoms with Gasteiger partial charge in [0.2, 0.25) is 5.91 Å². The van der Waals surface area contributed by atoms with E-state index in [0.29, 0.717) is 18.8 Å². The third-order valence-electron chi connectivity index (χ3n) is 4.85. The minimum absolute atomic E-state index is 0.127. The fourth-order valence-corrected chi connectivity index (χ4v) is 3.65. The molecule has 0 saturated carbocycles. The van der Waals surface area contributed by atoms with E-state index in [-0.39, 0.29) is 19.1 Å². The lowest BCUT2D eigenvalue weighted by Crippen LogP contribution is -2.45. The number of aromatic amines is 1. The predicted octanol–water partition coefficient (Wildman–Crippen LogP) is 2.47. The third kappa shape index (κ3) is 4.90. The van der Waals surface area contributed by atoms with Gasteiger partial charge in [0.15, 0.2) is 5.92 Å². The second-order valence-corrected chi connectivity index (χ2v) is 6.89. The highest BCUT2D eigenvalue weighted by Gasteiger charge is 2.45. The first-order chi connectivity index (χ1) is 12.9. The van der Waals surface area contributed by atoms with Crippen LogP contribution in [0.2, 0.25) is 0 Å². The van der Waals surface area contributed by atoms with Gasteiger partial charge in [0.05, 0.1) is 13.2 Å². The lowest BCUT2D eigenvalue weighted by Gasteiger charge is -2.32. The van der Waals surface area contributed by atoms with E-state index in [0.717, 1.165) is 30.5 Å². The maximum atomic E-state index is 13.4. The maximum Gasteiger partial charge on any atom is 0.321 e. The number of piperidine rings is 1. The minimum Gasteiger partial charge on any atom is -0.465 e. The van der Waals surface area contributed by atoms with Gasteiger partial charge in [-0.15, -0.1) is 0 Å². The second kappa shape index (κ2) is 9.58. The van der Waals surface area contributed by atoms with Crippen LogP contribution in [0.3, 0.4) is 0 Å². The highest BCUT2D eigenvalue weighted by molar-refractivity contribution is 6.02. The highest BCUT2D eigenvalue weighted by Crippen LogP contribution is 2.32. The van der Waals surface area contributed by atoms with Crippen LogP contribution in [-0.2, 0) is 23.9 Å². The number of rotatable bonds is 7. The molecule has 1 fully saturated rings. The minimum atomic E-state index is -1.32. The molecule has 1 atom stereocenters. The molecule has 7 nitrogen and oxygen atoms in total. The van der Waals surface area contributed by atoms with Gasteiger partial charge in [-0.2, -0.15) is 0 Å². The zero-order valence-corrected chi connectivity index (χ0v) is 16.7. The summed E-state index contributed by atoms with van der Waals surface area (Å²) < 4.78 is 10.3. The van der Waals surface area contributed by atoms with Crippen LogP contribution in [0.5, 0.6) is 0 Å². The zero-order valence-electron chi connectivity index (χ0n) is 16.7. The summed E-state index contributed by atoms with van der Waals surface area (Å²) in [6.45, 7) is 8.60. The van der Waals surface area contributed by atoms with Crippen molar-refractivity contribution in [3.8, 4) is 0 Å². The van der Waals surface area contributed by atoms with Crippen LogP contribution in [0, 0.1) is 19.8 Å². The number of esters is 2. The molecule has 7 heteroatoms. The highest BCUT2D eigenvalue weighted by atomic mass is 16.6. The first-order valence-corrected chi connectivity index (χ1v) is 9.68. The standard InChI is InChI=1S/C20H30N2O5/c1-5-26-19(24)16(20(25)27-6-2)15(17-13(3)12-14(4)21-17)18(23)22-10-8-7-9-11-22/h12,15-16,21H,5-11H2,1-4H3. The lowest BCUT2D eigenvalue weighted by atomic mass is 9.86. The van der Waals surface area contributed by atoms with E-state index in [9.17, 15) is 14.4 Å². The molecule has 1 aromatic heterocycles. The first kappa shape index (κ1) is 21.0. The molecule has 2 heterocycles. The number of carbonyl (C=O) groups is 3. The number of nitrogens with zero attached hydrogens (tertiary/aromatic N) is 1. The molecule has 0 bridgehead atoms. The van der Waals surface area contributed by atoms with Gasteiger partial charge in [0.25, 0.3) is 0 Å². The summed E-state index contributed by atoms with van der Waals surface area (Å²) in [4.78, 5) is 43.7. The maximum absolute atomic E-state index is 13.4. The van der Waals surface area contributed by atoms with Gasteiger partial charge in [0.1, 0.15) is 5.92 Å². The van der Waals surface area contributed by atoms with E-state index in [2.05, 4.69) is 4.98 Å². The smallest absolute Gasteiger partial charge is 0.321 e. The number of ether oxygens (including phenoxy) is 2. The van der Waals surface area contributed by atoms with Gasteiger partial charge in [0, 0.05) is 24.5 Å². The van der Waals surface area contributed by atoms with Crippen LogP contribution in [-0.4, -0.2) is 54.0 Å². The van der Waals surface area contributed by atoms with Crippen LogP contribution < -0.4 is 0 Å². The van der Waals surface area contributed by atoms with Gasteiger partial charge in [-0.3, -0.25) is 14.4 Å². The van der Waals surface area contributed by atoms with Crippen LogP contribution in [0.15, 0.2) is 6.07 Å². The van der Waals surface area contributed by atoms with Gasteiger partial charge in [-0.05, 0) is 58.6 Å². The molecule has 1 aromatic rings. The average molecular weight is 378 g/mol. The molecule has 1 aliphatic rings. The summed E-state index contributed by atoms with van der Waals surface area (Å²) in [7, 11) is 0. The van der Waals surface area contributed by atoms with Gasteiger partial charge >= 0.3 is 11.9 Å². The number of H-pyrrole nitrogens is 1. The quantitative estimate of drug-likeness (QED) is 0.582. The number of likely N-dealkylation sites (tertiary alicyclic amines) is 1. The Labute approximate surface area is 160 Å². The second-order valence-electron chi connectivity index (χ2n) is 6.89. The number of carbonyl (C=O) groups excluding carboxylic acids is 3. The Balaban J connectivity index is 2.49. The van der Waals surface area contributed by atoms with E-state index in [1.807, 2.05) is 19.9 Å². The van der Waals surface area contributed by atoms with E-state index in [4.69, 9.17) is 9.47 Å². The topological polar surface area (TPSA) is 88.7 Å². The van der Waals surface area contributed by atoms with Crippen molar-refractivity contribution in [2.45, 2.75) is 52.9 Å². The zero-order chi connectivity index (χ0) is 20.0. The summed E-state index contributed by atoms with van der Waals surface area (Å²) in [5, 5.41) is 0. The molecule has 27 heavy (non-hydrogen) atoms. The van der Waals surface area contributed by atoms with Crippen molar-refractivity contribution in [1.29, 1.82) is 0 Å². The van der Waals surface area contributed by atoms with E-state index in [1.54, 1.807) is 18.7 Å². The van der Waals surface area contributed by atoms with Crippen LogP contribution in [0.1, 0.15) is 56.0 Å². The van der Waals surface area contributed by atoms with Crippen molar-refractivity contribution in [1.82, 2.24) is 9.88 Å². The molecular formula is C20H30N2O5. The molecule has 150 valence electrons. The first-order valence-electron chi connectivity index (χ1n) is 9.68. The molecule has 2 rings (SSSR count). The van der Waals surface area contributed by atoms with E-state index >= 15 is 0 Å². The van der Waals surface area contributed by atoms with Crippen molar-refractivity contribution in [3.63, 3.8) is 0 Å².